The van der Waals surface area contributed by atoms with Gasteiger partial charge in [0.05, 0.1) is 0 Å². The molecule has 8 heteroatoms. The van der Waals surface area contributed by atoms with Gasteiger partial charge in [-0.3, -0.25) is 3.97 Å². The minimum absolute atomic E-state index is 0.267. The number of ether oxygens (including phenoxy) is 1. The molecule has 0 N–H and O–H groups in total. The molecule has 0 fully saturated rings. The van der Waals surface area contributed by atoms with Crippen LogP contribution in [0.4, 0.5) is 9.18 Å². The number of aryl methyl sites for hydroxylation is 1. The largest absolute Gasteiger partial charge is 0.444 e. The fourth-order valence-electron chi connectivity index (χ4n) is 3.80. The molecule has 0 bridgehead atoms. The van der Waals surface area contributed by atoms with E-state index >= 15 is 4.39 Å². The van der Waals surface area contributed by atoms with Crippen LogP contribution in [0.3, 0.4) is 0 Å². The van der Waals surface area contributed by atoms with Gasteiger partial charge in [0.1, 0.15) is 11.4 Å². The highest BCUT2D eigenvalue weighted by Crippen LogP contribution is 2.32. The van der Waals surface area contributed by atoms with Crippen LogP contribution in [0.1, 0.15) is 38.3 Å². The van der Waals surface area contributed by atoms with Crippen LogP contribution in [0.2, 0.25) is 0 Å². The fraction of sp³-hybridized carbons (Fsp3) is 0.333. The van der Waals surface area contributed by atoms with Crippen molar-refractivity contribution in [2.45, 2.75) is 39.7 Å². The van der Waals surface area contributed by atoms with Gasteiger partial charge in [0.25, 0.3) is 0 Å². The number of halogens is 2. The summed E-state index contributed by atoms with van der Waals surface area (Å²) >= 11 is 2.23. The Hall–Kier alpha value is -2.07. The van der Waals surface area contributed by atoms with E-state index in [-0.39, 0.29) is 11.9 Å². The Kier molecular flexibility index (Phi) is 6.53. The van der Waals surface area contributed by atoms with Crippen LogP contribution in [0, 0.1) is 12.7 Å². The summed E-state index contributed by atoms with van der Waals surface area (Å²) in [6, 6.07) is 7.39. The lowest BCUT2D eigenvalue weighted by molar-refractivity contribution is 0.0270. The molecule has 0 radical (unpaired) electrons. The zero-order valence-electron chi connectivity index (χ0n) is 18.5. The van der Waals surface area contributed by atoms with Crippen molar-refractivity contribution in [1.29, 1.82) is 0 Å². The van der Waals surface area contributed by atoms with Gasteiger partial charge >= 0.3 is 6.09 Å². The standard InChI is InChI=1S/C24H25FIN3O2S/c1-15-14-29(32-26)22-20(15)11-18(13-27-22)17-5-6-19(21(25)12-17)16-7-9-28(10-8-16)23(30)31-24(2,3)4/h5-7,11-14H,8-10H2,1-4H3. The quantitative estimate of drug-likeness (QED) is 0.321. The van der Waals surface area contributed by atoms with E-state index in [1.54, 1.807) is 26.3 Å². The second-order valence-corrected chi connectivity index (χ2v) is 10.6. The minimum Gasteiger partial charge on any atom is -0.444 e. The van der Waals surface area contributed by atoms with E-state index in [4.69, 9.17) is 4.74 Å². The van der Waals surface area contributed by atoms with Gasteiger partial charge in [0, 0.05) is 72.3 Å². The predicted molar refractivity (Wildman–Crippen MR) is 137 cm³/mol. The molecule has 5 nitrogen and oxygen atoms in total. The summed E-state index contributed by atoms with van der Waals surface area (Å²) in [4.78, 5) is 18.5. The predicted octanol–water partition coefficient (Wildman–Crippen LogP) is 7.02. The molecule has 4 rings (SSSR count). The van der Waals surface area contributed by atoms with Crippen molar-refractivity contribution in [1.82, 2.24) is 13.9 Å². The van der Waals surface area contributed by atoms with Gasteiger partial charge in [-0.2, -0.15) is 0 Å². The molecule has 1 aliphatic heterocycles. The van der Waals surface area contributed by atoms with E-state index in [1.807, 2.05) is 43.0 Å². The third kappa shape index (κ3) is 4.80. The van der Waals surface area contributed by atoms with Gasteiger partial charge in [-0.25, -0.2) is 14.2 Å². The maximum atomic E-state index is 15.1. The minimum atomic E-state index is -0.531. The molecule has 0 atom stereocenters. The third-order valence-electron chi connectivity index (χ3n) is 5.39. The summed E-state index contributed by atoms with van der Waals surface area (Å²) in [7, 11) is 1.57. The summed E-state index contributed by atoms with van der Waals surface area (Å²) in [5, 5.41) is 1.06. The Morgan fingerprint density at radius 1 is 1.25 bits per heavy atom. The molecule has 2 aromatic heterocycles. The zero-order valence-corrected chi connectivity index (χ0v) is 21.5. The average molecular weight is 565 g/mol. The first kappa shape index (κ1) is 23.1. The molecule has 0 unspecified atom stereocenters. The number of pyridine rings is 1. The van der Waals surface area contributed by atoms with Crippen molar-refractivity contribution < 1.29 is 13.9 Å². The normalized spacial score (nSPS) is 14.6. The van der Waals surface area contributed by atoms with E-state index in [0.717, 1.165) is 33.3 Å². The number of carbonyl (C=O) groups is 1. The smallest absolute Gasteiger partial charge is 0.410 e. The second kappa shape index (κ2) is 9.05. The van der Waals surface area contributed by atoms with Gasteiger partial charge in [-0.15, -0.1) is 0 Å². The summed E-state index contributed by atoms with van der Waals surface area (Å²) in [5.41, 5.74) is 4.68. The Bertz CT molecular complexity index is 1220. The lowest BCUT2D eigenvalue weighted by Crippen LogP contribution is -2.39. The Labute approximate surface area is 203 Å². The van der Waals surface area contributed by atoms with Crippen LogP contribution in [-0.2, 0) is 4.74 Å². The molecule has 3 aromatic rings. The summed E-state index contributed by atoms with van der Waals surface area (Å²) in [5.74, 6) is -0.267. The lowest BCUT2D eigenvalue weighted by Gasteiger charge is -2.29. The van der Waals surface area contributed by atoms with E-state index < -0.39 is 5.60 Å². The molecule has 1 aromatic carbocycles. The van der Waals surface area contributed by atoms with E-state index in [9.17, 15) is 4.79 Å². The number of benzene rings is 1. The molecule has 0 aliphatic carbocycles. The molecule has 1 amide bonds. The number of carbonyl (C=O) groups excluding carboxylic acids is 1. The van der Waals surface area contributed by atoms with Crippen LogP contribution >= 0.6 is 30.3 Å². The highest BCUT2D eigenvalue weighted by Gasteiger charge is 2.24. The van der Waals surface area contributed by atoms with Crippen LogP contribution in [0.25, 0.3) is 27.7 Å². The molecule has 168 valence electrons. The van der Waals surface area contributed by atoms with Gasteiger partial charge in [-0.1, -0.05) is 18.2 Å². The summed E-state index contributed by atoms with van der Waals surface area (Å²) in [6.07, 6.45) is 6.00. The topological polar surface area (TPSA) is 47.4 Å². The van der Waals surface area contributed by atoms with Crippen molar-refractivity contribution in [3.63, 3.8) is 0 Å². The molecular weight excluding hydrogens is 540 g/mol. The number of hydrogen-bond acceptors (Lipinski definition) is 4. The van der Waals surface area contributed by atoms with Crippen molar-refractivity contribution in [2.75, 3.05) is 13.1 Å². The van der Waals surface area contributed by atoms with Gasteiger partial charge in [0.2, 0.25) is 0 Å². The molecule has 0 spiro atoms. The second-order valence-electron chi connectivity index (χ2n) is 8.90. The first-order chi connectivity index (χ1) is 15.2. The number of fused-ring (bicyclic) bond motifs is 1. The lowest BCUT2D eigenvalue weighted by atomic mass is 9.96. The molecule has 32 heavy (non-hydrogen) atoms. The first-order valence-corrected chi connectivity index (χ1v) is 13.7. The van der Waals surface area contributed by atoms with Crippen molar-refractivity contribution >= 4 is 53.0 Å². The monoisotopic (exact) mass is 565 g/mol. The first-order valence-electron chi connectivity index (χ1n) is 10.4. The number of hydrogen-bond donors (Lipinski definition) is 0. The number of aromatic nitrogens is 2. The summed E-state index contributed by atoms with van der Waals surface area (Å²) < 4.78 is 22.5. The van der Waals surface area contributed by atoms with E-state index in [2.05, 4.69) is 45.4 Å². The van der Waals surface area contributed by atoms with Crippen molar-refractivity contribution in [2.24, 2.45) is 0 Å². The van der Waals surface area contributed by atoms with Gasteiger partial charge in [0.15, 0.2) is 5.65 Å². The number of amides is 1. The van der Waals surface area contributed by atoms with Gasteiger partial charge < -0.3 is 9.64 Å². The molecule has 3 heterocycles. The fourth-order valence-corrected chi connectivity index (χ4v) is 5.11. The Morgan fingerprint density at radius 2 is 2.03 bits per heavy atom. The molecular formula is C24H25FIN3O2S. The SMILES string of the molecule is Cc1cn(SI)c2ncc(-c3ccc(C4=CCN(C(=O)OC(C)(C)C)CC4)c(F)c3)cc12. The Morgan fingerprint density at radius 3 is 2.66 bits per heavy atom. The van der Waals surface area contributed by atoms with E-state index in [0.29, 0.717) is 25.1 Å². The highest BCUT2D eigenvalue weighted by atomic mass is 127. The molecule has 0 saturated carbocycles. The third-order valence-corrected chi connectivity index (χ3v) is 7.09. The molecule has 0 saturated heterocycles. The van der Waals surface area contributed by atoms with Crippen molar-refractivity contribution in [3.8, 4) is 11.1 Å². The van der Waals surface area contributed by atoms with Crippen LogP contribution in [0.15, 0.2) is 42.7 Å². The number of nitrogens with zero attached hydrogens (tertiary/aromatic N) is 3. The maximum Gasteiger partial charge on any atom is 0.410 e. The average Bonchev–Trinajstić information content (AvgIpc) is 3.08. The maximum absolute atomic E-state index is 15.1. The van der Waals surface area contributed by atoms with E-state index in [1.165, 1.54) is 0 Å². The summed E-state index contributed by atoms with van der Waals surface area (Å²) in [6.45, 7) is 8.51. The van der Waals surface area contributed by atoms with Crippen LogP contribution < -0.4 is 0 Å². The van der Waals surface area contributed by atoms with Crippen LogP contribution in [0.5, 0.6) is 0 Å². The van der Waals surface area contributed by atoms with Crippen LogP contribution in [-0.4, -0.2) is 38.6 Å². The zero-order chi connectivity index (χ0) is 23.0. The highest BCUT2D eigenvalue weighted by molar-refractivity contribution is 14.2. The Balaban J connectivity index is 1.55. The number of rotatable bonds is 3. The van der Waals surface area contributed by atoms with Crippen molar-refractivity contribution in [3.05, 3.63) is 59.7 Å². The molecule has 1 aliphatic rings. The van der Waals surface area contributed by atoms with Gasteiger partial charge in [-0.05, 0) is 62.9 Å².